The summed E-state index contributed by atoms with van der Waals surface area (Å²) in [6.07, 6.45) is 1.67. The lowest BCUT2D eigenvalue weighted by molar-refractivity contribution is -0.110. The first-order chi connectivity index (χ1) is 13.1. The molecule has 1 aliphatic heterocycles. The lowest BCUT2D eigenvalue weighted by Crippen LogP contribution is -2.06. The number of aliphatic imine (C=N–C) groups is 1. The molecule has 0 bridgehead atoms. The second-order valence-electron chi connectivity index (χ2n) is 6.12. The van der Waals surface area contributed by atoms with Gasteiger partial charge in [-0.1, -0.05) is 42.5 Å². The smallest absolute Gasteiger partial charge is 0.256 e. The molecule has 3 aromatic carbocycles. The molecule has 1 amide bonds. The number of halogens is 1. The molecule has 0 atom stereocenters. The fraction of sp³-hybridized carbons (Fsp3) is 0. The van der Waals surface area contributed by atoms with Crippen molar-refractivity contribution in [3.05, 3.63) is 95.8 Å². The lowest BCUT2D eigenvalue weighted by Gasteiger charge is -2.06. The van der Waals surface area contributed by atoms with Crippen molar-refractivity contribution < 1.29 is 9.18 Å². The van der Waals surface area contributed by atoms with Crippen LogP contribution in [-0.4, -0.2) is 11.6 Å². The van der Waals surface area contributed by atoms with Crippen LogP contribution in [-0.2, 0) is 4.79 Å². The van der Waals surface area contributed by atoms with Crippen LogP contribution in [0, 0.1) is 5.82 Å². The molecule has 0 aliphatic carbocycles. The number of anilines is 2. The van der Waals surface area contributed by atoms with Gasteiger partial charge in [0.05, 0.1) is 22.7 Å². The number of carbonyl (C=O) groups is 1. The summed E-state index contributed by atoms with van der Waals surface area (Å²) in [6, 6.07) is 20.9. The summed E-state index contributed by atoms with van der Waals surface area (Å²) < 4.78 is 13.7. The average molecular weight is 357 g/mol. The number of nitrogens with two attached hydrogens (primary N) is 1. The van der Waals surface area contributed by atoms with Gasteiger partial charge in [0.2, 0.25) is 0 Å². The summed E-state index contributed by atoms with van der Waals surface area (Å²) in [6.45, 7) is 0. The summed E-state index contributed by atoms with van der Waals surface area (Å²) in [7, 11) is 0. The van der Waals surface area contributed by atoms with Gasteiger partial charge in [0.25, 0.3) is 5.91 Å². The second-order valence-corrected chi connectivity index (χ2v) is 6.12. The Kier molecular flexibility index (Phi) is 4.26. The Bertz CT molecular complexity index is 1090. The van der Waals surface area contributed by atoms with Crippen molar-refractivity contribution in [2.75, 3.05) is 11.1 Å². The van der Waals surface area contributed by atoms with E-state index in [4.69, 9.17) is 5.73 Å². The maximum atomic E-state index is 13.7. The van der Waals surface area contributed by atoms with Crippen LogP contribution in [0.5, 0.6) is 0 Å². The number of amides is 1. The second kappa shape index (κ2) is 6.88. The van der Waals surface area contributed by atoms with Gasteiger partial charge in [0.1, 0.15) is 5.82 Å². The van der Waals surface area contributed by atoms with E-state index >= 15 is 0 Å². The third kappa shape index (κ3) is 3.35. The number of hydrogen-bond acceptors (Lipinski definition) is 3. The number of allylic oxidation sites excluding steroid dienone is 1. The molecule has 0 radical (unpaired) electrons. The molecular weight excluding hydrogens is 341 g/mol. The Balaban J connectivity index is 1.89. The van der Waals surface area contributed by atoms with E-state index in [1.165, 1.54) is 12.1 Å². The van der Waals surface area contributed by atoms with Crippen LogP contribution in [0.1, 0.15) is 11.1 Å². The number of benzene rings is 3. The normalized spacial score (nSPS) is 14.9. The highest BCUT2D eigenvalue weighted by atomic mass is 19.1. The van der Waals surface area contributed by atoms with Crippen LogP contribution in [0.4, 0.5) is 21.5 Å². The Morgan fingerprint density at radius 3 is 2.52 bits per heavy atom. The van der Waals surface area contributed by atoms with Crippen LogP contribution in [0.3, 0.4) is 0 Å². The largest absolute Gasteiger partial charge is 0.397 e. The van der Waals surface area contributed by atoms with E-state index in [1.54, 1.807) is 24.3 Å². The molecule has 0 aromatic heterocycles. The van der Waals surface area contributed by atoms with Gasteiger partial charge in [-0.2, -0.15) is 0 Å². The molecular formula is C22H16FN3O. The molecule has 0 saturated carbocycles. The first-order valence-electron chi connectivity index (χ1n) is 8.43. The predicted molar refractivity (Wildman–Crippen MR) is 107 cm³/mol. The van der Waals surface area contributed by atoms with E-state index in [0.29, 0.717) is 33.9 Å². The van der Waals surface area contributed by atoms with E-state index in [2.05, 4.69) is 10.3 Å². The van der Waals surface area contributed by atoms with E-state index < -0.39 is 5.82 Å². The predicted octanol–water partition coefficient (Wildman–Crippen LogP) is 4.56. The highest BCUT2D eigenvalue weighted by molar-refractivity contribution is 6.35. The van der Waals surface area contributed by atoms with E-state index in [0.717, 1.165) is 5.56 Å². The molecule has 0 saturated heterocycles. The third-order valence-electron chi connectivity index (χ3n) is 4.29. The highest BCUT2D eigenvalue weighted by Crippen LogP contribution is 2.33. The van der Waals surface area contributed by atoms with Crippen molar-refractivity contribution in [2.45, 2.75) is 0 Å². The van der Waals surface area contributed by atoms with Gasteiger partial charge >= 0.3 is 0 Å². The van der Waals surface area contributed by atoms with Crippen molar-refractivity contribution in [1.82, 2.24) is 0 Å². The number of nitrogens with zero attached hydrogens (tertiary/aromatic N) is 1. The molecule has 5 heteroatoms. The van der Waals surface area contributed by atoms with Crippen LogP contribution in [0.2, 0.25) is 0 Å². The van der Waals surface area contributed by atoms with Crippen molar-refractivity contribution in [3.63, 3.8) is 0 Å². The Hall–Kier alpha value is -3.73. The maximum Gasteiger partial charge on any atom is 0.256 e. The average Bonchev–Trinajstić information content (AvgIpc) is 2.98. The van der Waals surface area contributed by atoms with Gasteiger partial charge in [-0.3, -0.25) is 4.79 Å². The van der Waals surface area contributed by atoms with E-state index in [-0.39, 0.29) is 5.91 Å². The number of nitrogen functional groups attached to an aromatic ring is 1. The molecule has 1 aliphatic rings. The van der Waals surface area contributed by atoms with E-state index in [1.807, 2.05) is 42.5 Å². The zero-order chi connectivity index (χ0) is 18.8. The SMILES string of the molecule is Nc1ccccc1N=C(/C=C1/C(=O)Nc2ccc(F)cc21)c1ccccc1. The Morgan fingerprint density at radius 1 is 1.00 bits per heavy atom. The van der Waals surface area contributed by atoms with Crippen molar-refractivity contribution in [3.8, 4) is 0 Å². The van der Waals surface area contributed by atoms with Crippen LogP contribution < -0.4 is 11.1 Å². The third-order valence-corrected chi connectivity index (χ3v) is 4.29. The summed E-state index contributed by atoms with van der Waals surface area (Å²) in [5.41, 5.74) is 10.0. The van der Waals surface area contributed by atoms with Gasteiger partial charge in [-0.15, -0.1) is 0 Å². The molecule has 0 fully saturated rings. The number of para-hydroxylation sites is 2. The summed E-state index contributed by atoms with van der Waals surface area (Å²) in [4.78, 5) is 17.1. The van der Waals surface area contributed by atoms with Gasteiger partial charge in [0, 0.05) is 16.8 Å². The number of rotatable bonds is 3. The fourth-order valence-corrected chi connectivity index (χ4v) is 2.95. The van der Waals surface area contributed by atoms with Gasteiger partial charge in [-0.05, 0) is 36.4 Å². The van der Waals surface area contributed by atoms with Crippen molar-refractivity contribution >= 4 is 34.3 Å². The first-order valence-corrected chi connectivity index (χ1v) is 8.43. The van der Waals surface area contributed by atoms with E-state index in [9.17, 15) is 9.18 Å². The van der Waals surface area contributed by atoms with Crippen LogP contribution in [0.25, 0.3) is 5.57 Å². The topological polar surface area (TPSA) is 67.5 Å². The Morgan fingerprint density at radius 2 is 1.74 bits per heavy atom. The fourth-order valence-electron chi connectivity index (χ4n) is 2.95. The molecule has 4 rings (SSSR count). The molecule has 132 valence electrons. The monoisotopic (exact) mass is 357 g/mol. The quantitative estimate of drug-likeness (QED) is 0.410. The minimum Gasteiger partial charge on any atom is -0.397 e. The van der Waals surface area contributed by atoms with Gasteiger partial charge in [0.15, 0.2) is 0 Å². The molecule has 3 N–H and O–H groups in total. The summed E-state index contributed by atoms with van der Waals surface area (Å²) >= 11 is 0. The molecule has 0 unspecified atom stereocenters. The zero-order valence-electron chi connectivity index (χ0n) is 14.3. The molecule has 1 heterocycles. The van der Waals surface area contributed by atoms with Crippen molar-refractivity contribution in [2.24, 2.45) is 4.99 Å². The molecule has 0 spiro atoms. The molecule has 4 nitrogen and oxygen atoms in total. The Labute approximate surface area is 155 Å². The minimum absolute atomic E-state index is 0.291. The number of carbonyl (C=O) groups excluding carboxylic acids is 1. The van der Waals surface area contributed by atoms with Crippen LogP contribution >= 0.6 is 0 Å². The number of nitrogens with one attached hydrogen (secondary N) is 1. The maximum absolute atomic E-state index is 13.7. The zero-order valence-corrected chi connectivity index (χ0v) is 14.3. The standard InChI is InChI=1S/C22H16FN3O/c23-15-10-11-19-16(12-15)17(22(27)26-19)13-21(14-6-2-1-3-7-14)25-20-9-5-4-8-18(20)24/h1-13H,24H2,(H,26,27)/b17-13+,25-21?. The molecule has 27 heavy (non-hydrogen) atoms. The summed E-state index contributed by atoms with van der Waals surface area (Å²) in [5.74, 6) is -0.693. The number of fused-ring (bicyclic) bond motifs is 1. The molecule has 3 aromatic rings. The van der Waals surface area contributed by atoms with Gasteiger partial charge < -0.3 is 11.1 Å². The van der Waals surface area contributed by atoms with Crippen LogP contribution in [0.15, 0.2) is 83.9 Å². The minimum atomic E-state index is -0.401. The lowest BCUT2D eigenvalue weighted by atomic mass is 10.0. The first kappa shape index (κ1) is 16.7. The number of hydrogen-bond donors (Lipinski definition) is 2. The van der Waals surface area contributed by atoms with Gasteiger partial charge in [-0.25, -0.2) is 9.38 Å². The van der Waals surface area contributed by atoms with Crippen molar-refractivity contribution in [1.29, 1.82) is 0 Å². The summed E-state index contributed by atoms with van der Waals surface area (Å²) in [5, 5.41) is 2.75. The highest BCUT2D eigenvalue weighted by Gasteiger charge is 2.25.